The van der Waals surface area contributed by atoms with E-state index in [9.17, 15) is 4.39 Å². The molecule has 0 spiro atoms. The third kappa shape index (κ3) is 2.56. The van der Waals surface area contributed by atoms with Gasteiger partial charge in [0.15, 0.2) is 0 Å². The van der Waals surface area contributed by atoms with E-state index in [1.807, 2.05) is 0 Å². The number of aromatic amines is 1. The van der Waals surface area contributed by atoms with Crippen molar-refractivity contribution in [3.8, 4) is 12.3 Å². The van der Waals surface area contributed by atoms with Gasteiger partial charge in [-0.1, -0.05) is 6.92 Å². The number of fused-ring (bicyclic) bond motifs is 1. The number of imidazole rings is 1. The highest BCUT2D eigenvalue weighted by molar-refractivity contribution is 5.77. The first-order chi connectivity index (χ1) is 8.22. The molecule has 2 aromatic rings. The van der Waals surface area contributed by atoms with E-state index >= 15 is 0 Å². The smallest absolute Gasteiger partial charge is 0.201 e. The quantitative estimate of drug-likeness (QED) is 0.794. The van der Waals surface area contributed by atoms with Crippen LogP contribution < -0.4 is 5.32 Å². The van der Waals surface area contributed by atoms with Gasteiger partial charge in [0.2, 0.25) is 5.95 Å². The van der Waals surface area contributed by atoms with Gasteiger partial charge >= 0.3 is 0 Å². The number of hydrogen-bond donors (Lipinski definition) is 2. The minimum Gasteiger partial charge on any atom is -0.352 e. The van der Waals surface area contributed by atoms with Crippen molar-refractivity contribution in [2.24, 2.45) is 0 Å². The number of aromatic nitrogens is 2. The zero-order chi connectivity index (χ0) is 12.3. The second-order valence-electron chi connectivity index (χ2n) is 3.90. The van der Waals surface area contributed by atoms with E-state index in [0.717, 1.165) is 11.9 Å². The van der Waals surface area contributed by atoms with Crippen molar-refractivity contribution in [3.63, 3.8) is 0 Å². The first-order valence-corrected chi connectivity index (χ1v) is 5.58. The van der Waals surface area contributed by atoms with Crippen LogP contribution in [0, 0.1) is 18.2 Å². The molecule has 0 saturated heterocycles. The Morgan fingerprint density at radius 3 is 3.12 bits per heavy atom. The fourth-order valence-corrected chi connectivity index (χ4v) is 1.68. The highest BCUT2D eigenvalue weighted by Crippen LogP contribution is 2.16. The molecule has 0 aliphatic carbocycles. The van der Waals surface area contributed by atoms with Crippen molar-refractivity contribution in [2.75, 3.05) is 5.32 Å². The molecule has 0 aliphatic heterocycles. The molecule has 0 saturated carbocycles. The van der Waals surface area contributed by atoms with Gasteiger partial charge in [-0.25, -0.2) is 9.37 Å². The van der Waals surface area contributed by atoms with E-state index in [4.69, 9.17) is 6.42 Å². The maximum Gasteiger partial charge on any atom is 0.201 e. The standard InChI is InChI=1S/C13H14FN3/c1-3-5-10(4-2)15-13-16-11-7-6-9(14)8-12(11)17-13/h1,6-8,10H,4-5H2,2H3,(H2,15,16,17). The number of hydrogen-bond acceptors (Lipinski definition) is 2. The fourth-order valence-electron chi connectivity index (χ4n) is 1.68. The van der Waals surface area contributed by atoms with Gasteiger partial charge < -0.3 is 10.3 Å². The second kappa shape index (κ2) is 4.88. The van der Waals surface area contributed by atoms with E-state index < -0.39 is 0 Å². The third-order valence-corrected chi connectivity index (χ3v) is 2.64. The maximum atomic E-state index is 13.0. The van der Waals surface area contributed by atoms with Gasteiger partial charge in [-0.2, -0.15) is 0 Å². The van der Waals surface area contributed by atoms with Gasteiger partial charge in [0, 0.05) is 12.5 Å². The van der Waals surface area contributed by atoms with E-state index in [1.54, 1.807) is 6.07 Å². The van der Waals surface area contributed by atoms with Crippen LogP contribution >= 0.6 is 0 Å². The van der Waals surface area contributed by atoms with Gasteiger partial charge in [0.05, 0.1) is 11.0 Å². The third-order valence-electron chi connectivity index (χ3n) is 2.64. The average molecular weight is 231 g/mol. The Hall–Kier alpha value is -2.02. The van der Waals surface area contributed by atoms with E-state index in [-0.39, 0.29) is 11.9 Å². The van der Waals surface area contributed by atoms with Crippen LogP contribution in [0.3, 0.4) is 0 Å². The SMILES string of the molecule is C#CCC(CC)Nc1nc2ccc(F)cc2[nH]1. The fraction of sp³-hybridized carbons (Fsp3) is 0.308. The van der Waals surface area contributed by atoms with Crippen molar-refractivity contribution < 1.29 is 4.39 Å². The molecule has 1 unspecified atom stereocenters. The first-order valence-electron chi connectivity index (χ1n) is 5.58. The van der Waals surface area contributed by atoms with Crippen LogP contribution in [0.5, 0.6) is 0 Å². The molecule has 2 rings (SSSR count). The van der Waals surface area contributed by atoms with Crippen molar-refractivity contribution in [1.29, 1.82) is 0 Å². The predicted molar refractivity (Wildman–Crippen MR) is 67.2 cm³/mol. The predicted octanol–water partition coefficient (Wildman–Crippen LogP) is 2.92. The Bertz CT molecular complexity index is 553. The lowest BCUT2D eigenvalue weighted by Gasteiger charge is -2.12. The minimum absolute atomic E-state index is 0.186. The zero-order valence-corrected chi connectivity index (χ0v) is 9.63. The summed E-state index contributed by atoms with van der Waals surface area (Å²) in [4.78, 5) is 7.35. The lowest BCUT2D eigenvalue weighted by Crippen LogP contribution is -2.18. The Kier molecular flexibility index (Phi) is 3.29. The number of H-pyrrole nitrogens is 1. The maximum absolute atomic E-state index is 13.0. The van der Waals surface area contributed by atoms with Crippen LogP contribution in [0.1, 0.15) is 19.8 Å². The molecule has 1 heterocycles. The molecule has 4 heteroatoms. The number of nitrogens with one attached hydrogen (secondary N) is 2. The van der Waals surface area contributed by atoms with E-state index in [2.05, 4.69) is 28.1 Å². The van der Waals surface area contributed by atoms with Crippen LogP contribution in [0.25, 0.3) is 11.0 Å². The number of benzene rings is 1. The van der Waals surface area contributed by atoms with Crippen LogP contribution in [0.15, 0.2) is 18.2 Å². The summed E-state index contributed by atoms with van der Waals surface area (Å²) in [5.41, 5.74) is 1.42. The Labute approximate surface area is 99.4 Å². The Morgan fingerprint density at radius 1 is 1.59 bits per heavy atom. The molecular weight excluding hydrogens is 217 g/mol. The monoisotopic (exact) mass is 231 g/mol. The van der Waals surface area contributed by atoms with Crippen LogP contribution in [-0.2, 0) is 0 Å². The van der Waals surface area contributed by atoms with Gasteiger partial charge in [0.25, 0.3) is 0 Å². The summed E-state index contributed by atoms with van der Waals surface area (Å²) in [6.45, 7) is 2.05. The van der Waals surface area contributed by atoms with Crippen LogP contribution in [-0.4, -0.2) is 16.0 Å². The van der Waals surface area contributed by atoms with Gasteiger partial charge in [-0.3, -0.25) is 0 Å². The van der Waals surface area contributed by atoms with Crippen molar-refractivity contribution in [3.05, 3.63) is 24.0 Å². The first kappa shape index (κ1) is 11.5. The highest BCUT2D eigenvalue weighted by Gasteiger charge is 2.08. The van der Waals surface area contributed by atoms with E-state index in [1.165, 1.54) is 12.1 Å². The molecule has 1 aromatic carbocycles. The normalized spacial score (nSPS) is 12.3. The summed E-state index contributed by atoms with van der Waals surface area (Å²) in [5.74, 6) is 2.98. The molecule has 1 aromatic heterocycles. The summed E-state index contributed by atoms with van der Waals surface area (Å²) in [5, 5.41) is 3.21. The highest BCUT2D eigenvalue weighted by atomic mass is 19.1. The van der Waals surface area contributed by atoms with Crippen molar-refractivity contribution >= 4 is 17.0 Å². The second-order valence-corrected chi connectivity index (χ2v) is 3.90. The molecule has 2 N–H and O–H groups in total. The summed E-state index contributed by atoms with van der Waals surface area (Å²) >= 11 is 0. The number of rotatable bonds is 4. The molecule has 0 bridgehead atoms. The number of nitrogens with zero attached hydrogens (tertiary/aromatic N) is 1. The summed E-state index contributed by atoms with van der Waals surface area (Å²) < 4.78 is 13.0. The average Bonchev–Trinajstić information content (AvgIpc) is 2.69. The molecular formula is C13H14FN3. The molecule has 3 nitrogen and oxygen atoms in total. The summed E-state index contributed by atoms with van der Waals surface area (Å²) in [6, 6.07) is 4.65. The van der Waals surface area contributed by atoms with Gasteiger partial charge in [-0.15, -0.1) is 12.3 Å². The molecule has 0 amide bonds. The summed E-state index contributed by atoms with van der Waals surface area (Å²) in [7, 11) is 0. The molecule has 0 fully saturated rings. The van der Waals surface area contributed by atoms with E-state index in [0.29, 0.717) is 17.9 Å². The van der Waals surface area contributed by atoms with Crippen molar-refractivity contribution in [1.82, 2.24) is 9.97 Å². The number of terminal acetylenes is 1. The number of halogens is 1. The minimum atomic E-state index is -0.275. The summed E-state index contributed by atoms with van der Waals surface area (Å²) in [6.07, 6.45) is 6.84. The largest absolute Gasteiger partial charge is 0.352 e. The van der Waals surface area contributed by atoms with Gasteiger partial charge in [-0.05, 0) is 24.6 Å². The molecule has 0 aliphatic rings. The molecule has 17 heavy (non-hydrogen) atoms. The Morgan fingerprint density at radius 2 is 2.41 bits per heavy atom. The lowest BCUT2D eigenvalue weighted by atomic mass is 10.2. The molecule has 88 valence electrons. The molecule has 0 radical (unpaired) electrons. The van der Waals surface area contributed by atoms with Crippen molar-refractivity contribution in [2.45, 2.75) is 25.8 Å². The Balaban J connectivity index is 2.22. The zero-order valence-electron chi connectivity index (χ0n) is 9.63. The topological polar surface area (TPSA) is 40.7 Å². The number of anilines is 1. The lowest BCUT2D eigenvalue weighted by molar-refractivity contribution is 0.629. The van der Waals surface area contributed by atoms with Crippen LogP contribution in [0.4, 0.5) is 10.3 Å². The molecule has 1 atom stereocenters. The van der Waals surface area contributed by atoms with Crippen LogP contribution in [0.2, 0.25) is 0 Å². The van der Waals surface area contributed by atoms with Gasteiger partial charge in [0.1, 0.15) is 5.82 Å².